The molecule has 1 aliphatic heterocycles. The molecule has 3 aromatic rings. The third-order valence-electron chi connectivity index (χ3n) is 5.47. The highest BCUT2D eigenvalue weighted by Gasteiger charge is 2.52. The van der Waals surface area contributed by atoms with Crippen molar-refractivity contribution >= 4 is 23.5 Å². The molecule has 33 heavy (non-hydrogen) atoms. The number of ether oxygens (including phenoxy) is 1. The number of amides is 4. The SMILES string of the molecule is CCC[C@]1(c2ccccc2)NC(=O)N(CC(=O)Nc2cccc(Oc3ccccc3)c2)C1=O. The number of hydrogen-bond donors (Lipinski definition) is 2. The number of para-hydroxylation sites is 1. The average molecular weight is 444 g/mol. The van der Waals surface area contributed by atoms with Gasteiger partial charge in [-0.2, -0.15) is 0 Å². The molecule has 7 nitrogen and oxygen atoms in total. The van der Waals surface area contributed by atoms with E-state index in [-0.39, 0.29) is 6.54 Å². The van der Waals surface area contributed by atoms with E-state index in [9.17, 15) is 14.4 Å². The normalized spacial score (nSPS) is 17.5. The molecule has 0 bridgehead atoms. The van der Waals surface area contributed by atoms with Crippen LogP contribution in [0.5, 0.6) is 11.5 Å². The minimum absolute atomic E-state index is 0.382. The Morgan fingerprint density at radius 2 is 1.61 bits per heavy atom. The van der Waals surface area contributed by atoms with Gasteiger partial charge in [-0.1, -0.05) is 67.9 Å². The zero-order valence-corrected chi connectivity index (χ0v) is 18.3. The first kappa shape index (κ1) is 22.1. The first-order chi connectivity index (χ1) is 16.0. The van der Waals surface area contributed by atoms with Crippen molar-refractivity contribution in [2.45, 2.75) is 25.3 Å². The standard InChI is InChI=1S/C26H25N3O4/c1-2-16-26(19-10-5-3-6-11-19)24(31)29(25(32)28-26)18-23(30)27-20-12-9-15-22(17-20)33-21-13-7-4-8-14-21/h3-15,17H,2,16,18H2,1H3,(H,27,30)(H,28,32)/t26-/m1/s1. The number of benzene rings is 3. The molecule has 2 N–H and O–H groups in total. The maximum Gasteiger partial charge on any atom is 0.325 e. The van der Waals surface area contributed by atoms with Gasteiger partial charge >= 0.3 is 6.03 Å². The summed E-state index contributed by atoms with van der Waals surface area (Å²) >= 11 is 0. The summed E-state index contributed by atoms with van der Waals surface area (Å²) in [6, 6.07) is 24.8. The van der Waals surface area contributed by atoms with Crippen molar-refractivity contribution in [3.05, 3.63) is 90.5 Å². The number of carbonyl (C=O) groups excluding carboxylic acids is 3. The fraction of sp³-hybridized carbons (Fsp3) is 0.192. The van der Waals surface area contributed by atoms with Gasteiger partial charge < -0.3 is 15.4 Å². The lowest BCUT2D eigenvalue weighted by molar-refractivity contribution is -0.134. The van der Waals surface area contributed by atoms with E-state index in [0.29, 0.717) is 35.6 Å². The maximum atomic E-state index is 13.3. The molecule has 168 valence electrons. The molecule has 4 amide bonds. The summed E-state index contributed by atoms with van der Waals surface area (Å²) in [5.41, 5.74) is 0.0545. The van der Waals surface area contributed by atoms with E-state index in [0.717, 1.165) is 4.90 Å². The van der Waals surface area contributed by atoms with Crippen LogP contribution in [-0.2, 0) is 15.1 Å². The van der Waals surface area contributed by atoms with E-state index in [2.05, 4.69) is 10.6 Å². The molecule has 1 atom stereocenters. The highest BCUT2D eigenvalue weighted by Crippen LogP contribution is 2.33. The number of imide groups is 1. The van der Waals surface area contributed by atoms with Crippen LogP contribution in [0.15, 0.2) is 84.9 Å². The number of nitrogens with one attached hydrogen (secondary N) is 2. The molecular formula is C26H25N3O4. The van der Waals surface area contributed by atoms with Crippen molar-refractivity contribution in [1.29, 1.82) is 0 Å². The van der Waals surface area contributed by atoms with Crippen LogP contribution in [-0.4, -0.2) is 29.3 Å². The largest absolute Gasteiger partial charge is 0.457 e. The van der Waals surface area contributed by atoms with Crippen molar-refractivity contribution in [2.24, 2.45) is 0 Å². The number of nitrogens with zero attached hydrogens (tertiary/aromatic N) is 1. The van der Waals surface area contributed by atoms with Crippen molar-refractivity contribution in [3.63, 3.8) is 0 Å². The van der Waals surface area contributed by atoms with Crippen molar-refractivity contribution in [2.75, 3.05) is 11.9 Å². The average Bonchev–Trinajstić information content (AvgIpc) is 3.06. The molecule has 0 aromatic heterocycles. The topological polar surface area (TPSA) is 87.7 Å². The van der Waals surface area contributed by atoms with Gasteiger partial charge in [0.1, 0.15) is 23.6 Å². The van der Waals surface area contributed by atoms with Crippen LogP contribution in [0.25, 0.3) is 0 Å². The van der Waals surface area contributed by atoms with E-state index in [4.69, 9.17) is 4.74 Å². The van der Waals surface area contributed by atoms with E-state index >= 15 is 0 Å². The Morgan fingerprint density at radius 1 is 0.939 bits per heavy atom. The van der Waals surface area contributed by atoms with Crippen molar-refractivity contribution < 1.29 is 19.1 Å². The second kappa shape index (κ2) is 9.56. The lowest BCUT2D eigenvalue weighted by Crippen LogP contribution is -2.44. The van der Waals surface area contributed by atoms with E-state index in [1.807, 2.05) is 67.6 Å². The molecule has 7 heteroatoms. The minimum Gasteiger partial charge on any atom is -0.457 e. The van der Waals surface area contributed by atoms with Gasteiger partial charge in [0.2, 0.25) is 5.91 Å². The number of anilines is 1. The van der Waals surface area contributed by atoms with Crippen molar-refractivity contribution in [3.8, 4) is 11.5 Å². The molecule has 0 radical (unpaired) electrons. The summed E-state index contributed by atoms with van der Waals surface area (Å²) in [5.74, 6) is 0.334. The summed E-state index contributed by atoms with van der Waals surface area (Å²) in [5, 5.41) is 5.57. The second-order valence-corrected chi connectivity index (χ2v) is 7.83. The Morgan fingerprint density at radius 3 is 2.30 bits per heavy atom. The number of urea groups is 1. The zero-order valence-electron chi connectivity index (χ0n) is 18.3. The molecule has 0 unspecified atom stereocenters. The Kier molecular flexibility index (Phi) is 6.40. The molecule has 1 aliphatic rings. The van der Waals surface area contributed by atoms with Crippen LogP contribution < -0.4 is 15.4 Å². The molecule has 1 saturated heterocycles. The van der Waals surface area contributed by atoms with Gasteiger partial charge in [0.05, 0.1) is 0 Å². The molecule has 0 aliphatic carbocycles. The third kappa shape index (κ3) is 4.72. The summed E-state index contributed by atoms with van der Waals surface area (Å²) in [4.78, 5) is 39.7. The Bertz CT molecular complexity index is 1150. The monoisotopic (exact) mass is 443 g/mol. The van der Waals surface area contributed by atoms with Gasteiger partial charge in [0.25, 0.3) is 5.91 Å². The molecular weight excluding hydrogens is 418 g/mol. The van der Waals surface area contributed by atoms with Crippen LogP contribution in [0, 0.1) is 0 Å². The Balaban J connectivity index is 1.46. The number of rotatable bonds is 8. The minimum atomic E-state index is -1.16. The lowest BCUT2D eigenvalue weighted by Gasteiger charge is -2.26. The van der Waals surface area contributed by atoms with E-state index in [1.54, 1.807) is 24.3 Å². The summed E-state index contributed by atoms with van der Waals surface area (Å²) in [7, 11) is 0. The van der Waals surface area contributed by atoms with Crippen LogP contribution in [0.1, 0.15) is 25.3 Å². The quantitative estimate of drug-likeness (QED) is 0.496. The van der Waals surface area contributed by atoms with E-state index in [1.165, 1.54) is 0 Å². The number of carbonyl (C=O) groups is 3. The molecule has 4 rings (SSSR count). The summed E-state index contributed by atoms with van der Waals surface area (Å²) in [6.45, 7) is 1.57. The fourth-order valence-corrected chi connectivity index (χ4v) is 3.98. The fourth-order valence-electron chi connectivity index (χ4n) is 3.98. The van der Waals surface area contributed by atoms with Gasteiger partial charge in [-0.25, -0.2) is 4.79 Å². The maximum absolute atomic E-state index is 13.3. The van der Waals surface area contributed by atoms with Gasteiger partial charge in [-0.3, -0.25) is 14.5 Å². The van der Waals surface area contributed by atoms with Crippen LogP contribution in [0.3, 0.4) is 0 Å². The first-order valence-corrected chi connectivity index (χ1v) is 10.8. The number of hydrogen-bond acceptors (Lipinski definition) is 4. The highest BCUT2D eigenvalue weighted by atomic mass is 16.5. The molecule has 1 fully saturated rings. The predicted octanol–water partition coefficient (Wildman–Crippen LogP) is 4.66. The molecule has 0 spiro atoms. The molecule has 3 aromatic carbocycles. The zero-order chi connectivity index (χ0) is 23.3. The Hall–Kier alpha value is -4.13. The Labute approximate surface area is 192 Å². The van der Waals surface area contributed by atoms with E-state index < -0.39 is 23.4 Å². The molecule has 1 heterocycles. The smallest absolute Gasteiger partial charge is 0.325 e. The van der Waals surface area contributed by atoms with Crippen LogP contribution >= 0.6 is 0 Å². The predicted molar refractivity (Wildman–Crippen MR) is 125 cm³/mol. The van der Waals surface area contributed by atoms with Crippen LogP contribution in [0.4, 0.5) is 10.5 Å². The first-order valence-electron chi connectivity index (χ1n) is 10.8. The summed E-state index contributed by atoms with van der Waals surface area (Å²) in [6.07, 6.45) is 1.13. The second-order valence-electron chi connectivity index (χ2n) is 7.83. The van der Waals surface area contributed by atoms with Gasteiger partial charge in [0.15, 0.2) is 0 Å². The van der Waals surface area contributed by atoms with Crippen molar-refractivity contribution in [1.82, 2.24) is 10.2 Å². The van der Waals surface area contributed by atoms with Gasteiger partial charge in [-0.05, 0) is 36.2 Å². The van der Waals surface area contributed by atoms with Gasteiger partial charge in [0, 0.05) is 11.8 Å². The van der Waals surface area contributed by atoms with Gasteiger partial charge in [-0.15, -0.1) is 0 Å². The molecule has 0 saturated carbocycles. The lowest BCUT2D eigenvalue weighted by atomic mass is 9.85. The third-order valence-corrected chi connectivity index (χ3v) is 5.47. The highest BCUT2D eigenvalue weighted by molar-refractivity contribution is 6.10. The van der Waals surface area contributed by atoms with Crippen LogP contribution in [0.2, 0.25) is 0 Å². The summed E-state index contributed by atoms with van der Waals surface area (Å²) < 4.78 is 5.79.